The van der Waals surface area contributed by atoms with Crippen molar-refractivity contribution >= 4 is 11.5 Å². The molecule has 0 aliphatic heterocycles. The molecule has 18 heavy (non-hydrogen) atoms. The third-order valence-electron chi connectivity index (χ3n) is 2.74. The fourth-order valence-corrected chi connectivity index (χ4v) is 1.98. The van der Waals surface area contributed by atoms with E-state index in [-0.39, 0.29) is 5.84 Å². The first-order valence-corrected chi connectivity index (χ1v) is 6.17. The zero-order chi connectivity index (χ0) is 13.9. The minimum Gasteiger partial charge on any atom is -0.389 e. The highest BCUT2D eigenvalue weighted by Gasteiger charge is 2.20. The van der Waals surface area contributed by atoms with Crippen LogP contribution in [0.25, 0.3) is 0 Å². The van der Waals surface area contributed by atoms with Crippen LogP contribution in [-0.2, 0) is 0 Å². The average Bonchev–Trinajstić information content (AvgIpc) is 2.24. The van der Waals surface area contributed by atoms with Crippen molar-refractivity contribution in [3.8, 4) is 0 Å². The standard InChI is InChI=1S/C14H23N3O/c1-5-17(9-14(3,4)18)12-7-6-10(2)8-11(12)13(15)16/h6-8,18H,5,9H2,1-4H3,(H3,15,16). The number of amidine groups is 1. The zero-order valence-corrected chi connectivity index (χ0v) is 11.6. The maximum Gasteiger partial charge on any atom is 0.124 e. The third kappa shape index (κ3) is 3.74. The normalized spacial score (nSPS) is 11.4. The molecule has 100 valence electrons. The van der Waals surface area contributed by atoms with Gasteiger partial charge in [-0.05, 0) is 39.8 Å². The van der Waals surface area contributed by atoms with Crippen LogP contribution in [0.2, 0.25) is 0 Å². The second-order valence-corrected chi connectivity index (χ2v) is 5.26. The van der Waals surface area contributed by atoms with Crippen molar-refractivity contribution in [2.45, 2.75) is 33.3 Å². The van der Waals surface area contributed by atoms with Crippen LogP contribution < -0.4 is 10.6 Å². The number of benzene rings is 1. The van der Waals surface area contributed by atoms with Gasteiger partial charge in [-0.15, -0.1) is 0 Å². The van der Waals surface area contributed by atoms with Gasteiger partial charge in [-0.1, -0.05) is 11.6 Å². The van der Waals surface area contributed by atoms with Gasteiger partial charge in [-0.2, -0.15) is 0 Å². The zero-order valence-electron chi connectivity index (χ0n) is 11.6. The number of nitrogens with two attached hydrogens (primary N) is 1. The van der Waals surface area contributed by atoms with Gasteiger partial charge in [0.1, 0.15) is 5.84 Å². The molecule has 0 aliphatic carbocycles. The fraction of sp³-hybridized carbons (Fsp3) is 0.500. The Balaban J connectivity index is 3.17. The van der Waals surface area contributed by atoms with Gasteiger partial charge in [0.15, 0.2) is 0 Å². The smallest absolute Gasteiger partial charge is 0.124 e. The van der Waals surface area contributed by atoms with Crippen LogP contribution in [0.5, 0.6) is 0 Å². The molecule has 0 aliphatic rings. The van der Waals surface area contributed by atoms with Crippen LogP contribution in [0, 0.1) is 12.3 Å². The molecule has 0 radical (unpaired) electrons. The average molecular weight is 249 g/mol. The Morgan fingerprint density at radius 3 is 2.50 bits per heavy atom. The second-order valence-electron chi connectivity index (χ2n) is 5.26. The van der Waals surface area contributed by atoms with E-state index < -0.39 is 5.60 Å². The quantitative estimate of drug-likeness (QED) is 0.551. The summed E-state index contributed by atoms with van der Waals surface area (Å²) in [6.45, 7) is 8.81. The number of anilines is 1. The van der Waals surface area contributed by atoms with Gasteiger partial charge in [0, 0.05) is 24.3 Å². The summed E-state index contributed by atoms with van der Waals surface area (Å²) < 4.78 is 0. The lowest BCUT2D eigenvalue weighted by atomic mass is 10.0. The molecule has 0 spiro atoms. The molecule has 0 unspecified atom stereocenters. The highest BCUT2D eigenvalue weighted by molar-refractivity contribution is 6.00. The van der Waals surface area contributed by atoms with Crippen LogP contribution in [0.15, 0.2) is 18.2 Å². The van der Waals surface area contributed by atoms with Crippen molar-refractivity contribution in [1.29, 1.82) is 5.41 Å². The molecule has 4 nitrogen and oxygen atoms in total. The van der Waals surface area contributed by atoms with Crippen LogP contribution in [0.1, 0.15) is 31.9 Å². The first kappa shape index (κ1) is 14.5. The van der Waals surface area contributed by atoms with E-state index in [1.165, 1.54) is 0 Å². The number of nitrogens with one attached hydrogen (secondary N) is 1. The molecular formula is C14H23N3O. The Bertz CT molecular complexity index is 435. The van der Waals surface area contributed by atoms with Crippen molar-refractivity contribution in [2.24, 2.45) is 5.73 Å². The highest BCUT2D eigenvalue weighted by Crippen LogP contribution is 2.23. The van der Waals surface area contributed by atoms with Gasteiger partial charge in [-0.3, -0.25) is 5.41 Å². The predicted octanol–water partition coefficient (Wildman–Crippen LogP) is 1.88. The number of aliphatic hydroxyl groups is 1. The molecule has 0 saturated carbocycles. The Morgan fingerprint density at radius 1 is 1.44 bits per heavy atom. The summed E-state index contributed by atoms with van der Waals surface area (Å²) in [4.78, 5) is 2.04. The number of hydrogen-bond donors (Lipinski definition) is 3. The van der Waals surface area contributed by atoms with Gasteiger partial charge >= 0.3 is 0 Å². The van der Waals surface area contributed by atoms with E-state index in [0.717, 1.165) is 23.4 Å². The highest BCUT2D eigenvalue weighted by atomic mass is 16.3. The molecule has 1 rings (SSSR count). The minimum atomic E-state index is -0.783. The van der Waals surface area contributed by atoms with Crippen molar-refractivity contribution < 1.29 is 5.11 Å². The van der Waals surface area contributed by atoms with Crippen LogP contribution in [0.4, 0.5) is 5.69 Å². The molecule has 0 amide bonds. The second kappa shape index (κ2) is 5.40. The summed E-state index contributed by atoms with van der Waals surface area (Å²) in [5, 5.41) is 17.6. The summed E-state index contributed by atoms with van der Waals surface area (Å²) in [5.74, 6) is 0.0582. The molecule has 4 N–H and O–H groups in total. The number of hydrogen-bond acceptors (Lipinski definition) is 3. The first-order valence-electron chi connectivity index (χ1n) is 6.17. The van der Waals surface area contributed by atoms with Crippen LogP contribution in [-0.4, -0.2) is 29.6 Å². The van der Waals surface area contributed by atoms with E-state index in [9.17, 15) is 5.11 Å². The molecule has 0 saturated heterocycles. The van der Waals surface area contributed by atoms with E-state index >= 15 is 0 Å². The largest absolute Gasteiger partial charge is 0.389 e. The van der Waals surface area contributed by atoms with Gasteiger partial charge in [0.25, 0.3) is 0 Å². The number of aryl methyl sites for hydroxylation is 1. The van der Waals surface area contributed by atoms with Crippen molar-refractivity contribution in [3.63, 3.8) is 0 Å². The molecule has 4 heteroatoms. The lowest BCUT2D eigenvalue weighted by molar-refractivity contribution is 0.0876. The molecule has 0 atom stereocenters. The monoisotopic (exact) mass is 249 g/mol. The van der Waals surface area contributed by atoms with E-state index in [0.29, 0.717) is 6.54 Å². The minimum absolute atomic E-state index is 0.0582. The molecule has 0 heterocycles. The SMILES string of the molecule is CCN(CC(C)(C)O)c1ccc(C)cc1C(=N)N. The van der Waals surface area contributed by atoms with Crippen LogP contribution in [0.3, 0.4) is 0 Å². The summed E-state index contributed by atoms with van der Waals surface area (Å²) in [5.41, 5.74) is 7.55. The topological polar surface area (TPSA) is 73.3 Å². The molecule has 0 bridgehead atoms. The molecule has 1 aromatic carbocycles. The Hall–Kier alpha value is -1.55. The Morgan fingerprint density at radius 2 is 2.06 bits per heavy atom. The third-order valence-corrected chi connectivity index (χ3v) is 2.74. The Labute approximate surface area is 109 Å². The first-order chi connectivity index (χ1) is 8.24. The molecule has 1 aromatic rings. The van der Waals surface area contributed by atoms with Gasteiger partial charge in [0.2, 0.25) is 0 Å². The number of nitrogen functional groups attached to an aromatic ring is 1. The summed E-state index contributed by atoms with van der Waals surface area (Å²) in [6.07, 6.45) is 0. The van der Waals surface area contributed by atoms with E-state index in [4.69, 9.17) is 11.1 Å². The predicted molar refractivity (Wildman–Crippen MR) is 76.4 cm³/mol. The van der Waals surface area contributed by atoms with Crippen molar-refractivity contribution in [1.82, 2.24) is 0 Å². The summed E-state index contributed by atoms with van der Waals surface area (Å²) in [6, 6.07) is 5.86. The van der Waals surface area contributed by atoms with E-state index in [1.54, 1.807) is 13.8 Å². The lowest BCUT2D eigenvalue weighted by Gasteiger charge is -2.31. The number of rotatable bonds is 5. The van der Waals surface area contributed by atoms with Crippen molar-refractivity contribution in [2.75, 3.05) is 18.0 Å². The summed E-state index contributed by atoms with van der Waals surface area (Å²) in [7, 11) is 0. The number of likely N-dealkylation sites (N-methyl/N-ethyl adjacent to an activating group) is 1. The Kier molecular flexibility index (Phi) is 4.35. The maximum atomic E-state index is 9.94. The van der Waals surface area contributed by atoms with Gasteiger partial charge in [-0.25, -0.2) is 0 Å². The van der Waals surface area contributed by atoms with E-state index in [2.05, 4.69) is 0 Å². The number of nitrogens with zero attached hydrogens (tertiary/aromatic N) is 1. The molecular weight excluding hydrogens is 226 g/mol. The summed E-state index contributed by atoms with van der Waals surface area (Å²) >= 11 is 0. The van der Waals surface area contributed by atoms with Crippen LogP contribution >= 0.6 is 0 Å². The van der Waals surface area contributed by atoms with Gasteiger partial charge < -0.3 is 15.7 Å². The van der Waals surface area contributed by atoms with E-state index in [1.807, 2.05) is 36.9 Å². The maximum absolute atomic E-state index is 9.94. The fourth-order valence-electron chi connectivity index (χ4n) is 1.98. The molecule has 0 fully saturated rings. The molecule has 0 aromatic heterocycles. The van der Waals surface area contributed by atoms with Gasteiger partial charge in [0.05, 0.1) is 5.60 Å². The lowest BCUT2D eigenvalue weighted by Crippen LogP contribution is -2.39. The van der Waals surface area contributed by atoms with Crippen molar-refractivity contribution in [3.05, 3.63) is 29.3 Å².